The SMILES string of the molecule is CNCCN(C)C(=O)CCc1ccc(Br)c(C)c1.Cl. The molecule has 1 aromatic carbocycles. The molecule has 0 aromatic heterocycles. The largest absolute Gasteiger partial charge is 0.344 e. The highest BCUT2D eigenvalue weighted by Gasteiger charge is 2.08. The van der Waals surface area contributed by atoms with Crippen LogP contribution in [0, 0.1) is 6.92 Å². The lowest BCUT2D eigenvalue weighted by Crippen LogP contribution is -2.32. The Balaban J connectivity index is 0.00000324. The van der Waals surface area contributed by atoms with E-state index >= 15 is 0 Å². The van der Waals surface area contributed by atoms with E-state index in [1.54, 1.807) is 4.90 Å². The van der Waals surface area contributed by atoms with Crippen LogP contribution in [0.4, 0.5) is 0 Å². The molecule has 1 aromatic rings. The smallest absolute Gasteiger partial charge is 0.222 e. The number of carbonyl (C=O) groups is 1. The van der Waals surface area contributed by atoms with Gasteiger partial charge in [-0.2, -0.15) is 0 Å². The van der Waals surface area contributed by atoms with Crippen molar-refractivity contribution in [2.45, 2.75) is 19.8 Å². The molecule has 19 heavy (non-hydrogen) atoms. The molecule has 0 radical (unpaired) electrons. The summed E-state index contributed by atoms with van der Waals surface area (Å²) >= 11 is 3.48. The van der Waals surface area contributed by atoms with Gasteiger partial charge >= 0.3 is 0 Å². The minimum Gasteiger partial charge on any atom is -0.344 e. The summed E-state index contributed by atoms with van der Waals surface area (Å²) in [4.78, 5) is 13.6. The van der Waals surface area contributed by atoms with Gasteiger partial charge in [0.2, 0.25) is 5.91 Å². The molecule has 0 heterocycles. The number of amides is 1. The van der Waals surface area contributed by atoms with E-state index in [2.05, 4.69) is 40.3 Å². The van der Waals surface area contributed by atoms with E-state index in [4.69, 9.17) is 0 Å². The quantitative estimate of drug-likeness (QED) is 0.856. The van der Waals surface area contributed by atoms with E-state index in [-0.39, 0.29) is 18.3 Å². The Morgan fingerprint density at radius 1 is 1.42 bits per heavy atom. The number of halogens is 2. The lowest BCUT2D eigenvalue weighted by molar-refractivity contribution is -0.129. The van der Waals surface area contributed by atoms with Crippen molar-refractivity contribution in [1.29, 1.82) is 0 Å². The number of benzene rings is 1. The van der Waals surface area contributed by atoms with E-state index in [1.165, 1.54) is 11.1 Å². The summed E-state index contributed by atoms with van der Waals surface area (Å²) in [6.07, 6.45) is 1.37. The number of hydrogen-bond donors (Lipinski definition) is 1. The number of rotatable bonds is 6. The van der Waals surface area contributed by atoms with Crippen LogP contribution in [0.15, 0.2) is 22.7 Å². The van der Waals surface area contributed by atoms with Gasteiger partial charge in [0.05, 0.1) is 0 Å². The van der Waals surface area contributed by atoms with Crippen molar-refractivity contribution in [1.82, 2.24) is 10.2 Å². The molecular formula is C14H22BrClN2O. The van der Waals surface area contributed by atoms with Crippen LogP contribution in [0.3, 0.4) is 0 Å². The van der Waals surface area contributed by atoms with Crippen LogP contribution in [-0.2, 0) is 11.2 Å². The summed E-state index contributed by atoms with van der Waals surface area (Å²) in [5.74, 6) is 0.200. The Hall–Kier alpha value is -0.580. The molecule has 0 saturated heterocycles. The molecule has 0 aliphatic carbocycles. The lowest BCUT2D eigenvalue weighted by atomic mass is 10.1. The Labute approximate surface area is 130 Å². The summed E-state index contributed by atoms with van der Waals surface area (Å²) in [5, 5.41) is 3.04. The molecule has 0 saturated carbocycles. The summed E-state index contributed by atoms with van der Waals surface area (Å²) in [6.45, 7) is 3.66. The number of hydrogen-bond acceptors (Lipinski definition) is 2. The van der Waals surface area contributed by atoms with E-state index in [0.29, 0.717) is 6.42 Å². The predicted molar refractivity (Wildman–Crippen MR) is 86.0 cm³/mol. The molecule has 108 valence electrons. The van der Waals surface area contributed by atoms with Gasteiger partial charge in [0.1, 0.15) is 0 Å². The first-order valence-corrected chi connectivity index (χ1v) is 6.97. The second kappa shape index (κ2) is 9.34. The third-order valence-electron chi connectivity index (χ3n) is 2.97. The van der Waals surface area contributed by atoms with E-state index < -0.39 is 0 Å². The number of nitrogens with zero attached hydrogens (tertiary/aromatic N) is 1. The maximum Gasteiger partial charge on any atom is 0.222 e. The van der Waals surface area contributed by atoms with Crippen molar-refractivity contribution in [3.8, 4) is 0 Å². The molecule has 5 heteroatoms. The molecule has 3 nitrogen and oxygen atoms in total. The molecule has 0 unspecified atom stereocenters. The van der Waals surface area contributed by atoms with Crippen LogP contribution in [-0.4, -0.2) is 38.0 Å². The first kappa shape index (κ1) is 18.4. The standard InChI is InChI=1S/C14H21BrN2O.ClH/c1-11-10-12(4-6-13(11)15)5-7-14(18)17(3)9-8-16-2;/h4,6,10,16H,5,7-9H2,1-3H3;1H. The molecule has 0 atom stereocenters. The monoisotopic (exact) mass is 348 g/mol. The lowest BCUT2D eigenvalue weighted by Gasteiger charge is -2.16. The number of nitrogens with one attached hydrogen (secondary N) is 1. The Bertz CT molecular complexity index is 412. The van der Waals surface area contributed by atoms with Gasteiger partial charge in [0.15, 0.2) is 0 Å². The first-order chi connectivity index (χ1) is 8.54. The zero-order valence-electron chi connectivity index (χ0n) is 11.7. The first-order valence-electron chi connectivity index (χ1n) is 6.18. The van der Waals surface area contributed by atoms with Crippen molar-refractivity contribution in [3.63, 3.8) is 0 Å². The van der Waals surface area contributed by atoms with Crippen molar-refractivity contribution < 1.29 is 4.79 Å². The molecule has 0 spiro atoms. The zero-order valence-corrected chi connectivity index (χ0v) is 14.1. The van der Waals surface area contributed by atoms with Crippen LogP contribution in [0.1, 0.15) is 17.5 Å². The zero-order chi connectivity index (χ0) is 13.5. The van der Waals surface area contributed by atoms with Crippen molar-refractivity contribution in [2.24, 2.45) is 0 Å². The summed E-state index contributed by atoms with van der Waals surface area (Å²) in [6, 6.07) is 6.24. The fourth-order valence-electron chi connectivity index (χ4n) is 1.71. The third kappa shape index (κ3) is 6.41. The second-order valence-corrected chi connectivity index (χ2v) is 5.36. The van der Waals surface area contributed by atoms with Crippen LogP contribution < -0.4 is 5.32 Å². The summed E-state index contributed by atoms with van der Waals surface area (Å²) < 4.78 is 1.11. The van der Waals surface area contributed by atoms with Crippen molar-refractivity contribution in [2.75, 3.05) is 27.2 Å². The molecule has 0 fully saturated rings. The normalized spacial score (nSPS) is 9.89. The van der Waals surface area contributed by atoms with E-state index in [9.17, 15) is 4.79 Å². The molecule has 0 aliphatic heterocycles. The topological polar surface area (TPSA) is 32.3 Å². The molecule has 1 rings (SSSR count). The van der Waals surface area contributed by atoms with Crippen molar-refractivity contribution >= 4 is 34.2 Å². The third-order valence-corrected chi connectivity index (χ3v) is 3.86. The highest BCUT2D eigenvalue weighted by molar-refractivity contribution is 9.10. The Kier molecular flexibility index (Phi) is 9.06. The Morgan fingerprint density at radius 2 is 2.11 bits per heavy atom. The number of likely N-dealkylation sites (N-methyl/N-ethyl adjacent to an activating group) is 2. The van der Waals surface area contributed by atoms with Gasteiger partial charge in [-0.25, -0.2) is 0 Å². The fraction of sp³-hybridized carbons (Fsp3) is 0.500. The molecular weight excluding hydrogens is 328 g/mol. The highest BCUT2D eigenvalue weighted by atomic mass is 79.9. The minimum absolute atomic E-state index is 0. The minimum atomic E-state index is 0. The van der Waals surface area contributed by atoms with Gasteiger partial charge < -0.3 is 10.2 Å². The van der Waals surface area contributed by atoms with Crippen LogP contribution in [0.25, 0.3) is 0 Å². The second-order valence-electron chi connectivity index (χ2n) is 4.50. The Morgan fingerprint density at radius 3 is 2.68 bits per heavy atom. The van der Waals surface area contributed by atoms with Gasteiger partial charge in [-0.15, -0.1) is 12.4 Å². The summed E-state index contributed by atoms with van der Waals surface area (Å²) in [5.41, 5.74) is 2.43. The predicted octanol–water partition coefficient (Wildman–Crippen LogP) is 2.79. The fourth-order valence-corrected chi connectivity index (χ4v) is 1.96. The highest BCUT2D eigenvalue weighted by Crippen LogP contribution is 2.18. The van der Waals surface area contributed by atoms with Crippen LogP contribution in [0.5, 0.6) is 0 Å². The maximum absolute atomic E-state index is 11.9. The molecule has 1 N–H and O–H groups in total. The molecule has 0 aliphatic rings. The summed E-state index contributed by atoms with van der Waals surface area (Å²) in [7, 11) is 3.75. The number of carbonyl (C=O) groups excluding carboxylic acids is 1. The average molecular weight is 350 g/mol. The van der Waals surface area contributed by atoms with Crippen molar-refractivity contribution in [3.05, 3.63) is 33.8 Å². The van der Waals surface area contributed by atoms with Gasteiger partial charge in [0.25, 0.3) is 0 Å². The van der Waals surface area contributed by atoms with Crippen LogP contribution in [0.2, 0.25) is 0 Å². The van der Waals surface area contributed by atoms with Gasteiger partial charge in [-0.1, -0.05) is 28.1 Å². The number of aryl methyl sites for hydroxylation is 2. The van der Waals surface area contributed by atoms with Gasteiger partial charge in [-0.3, -0.25) is 4.79 Å². The van der Waals surface area contributed by atoms with Crippen LogP contribution >= 0.6 is 28.3 Å². The van der Waals surface area contributed by atoms with Gasteiger partial charge in [-0.05, 0) is 37.6 Å². The molecule has 1 amide bonds. The van der Waals surface area contributed by atoms with Gasteiger partial charge in [0, 0.05) is 31.0 Å². The maximum atomic E-state index is 11.9. The molecule has 0 bridgehead atoms. The van der Waals surface area contributed by atoms with E-state index in [0.717, 1.165) is 24.0 Å². The average Bonchev–Trinajstić information content (AvgIpc) is 2.36. The van der Waals surface area contributed by atoms with E-state index in [1.807, 2.05) is 20.2 Å².